The fourth-order valence-corrected chi connectivity index (χ4v) is 1.35. The highest BCUT2D eigenvalue weighted by atomic mass is 16.4. The Balaban J connectivity index is 4.94. The molecule has 0 bridgehead atoms. The Labute approximate surface area is 105 Å². The number of carboxylic acids is 2. The van der Waals surface area contributed by atoms with Gasteiger partial charge in [0.1, 0.15) is 13.1 Å². The molecule has 0 aliphatic carbocycles. The zero-order valence-corrected chi connectivity index (χ0v) is 10.5. The van der Waals surface area contributed by atoms with Crippen LogP contribution < -0.4 is 0 Å². The van der Waals surface area contributed by atoms with E-state index in [-0.39, 0.29) is 12.6 Å². The van der Waals surface area contributed by atoms with Gasteiger partial charge in [-0.1, -0.05) is 6.08 Å². The SMILES string of the molecule is C=CCN(C(=O)N(CC(=O)O)CC(=O)O)C(C)C. The van der Waals surface area contributed by atoms with E-state index in [0.29, 0.717) is 0 Å². The van der Waals surface area contributed by atoms with Crippen molar-refractivity contribution in [3.8, 4) is 0 Å². The Kier molecular flexibility index (Phi) is 6.48. The van der Waals surface area contributed by atoms with Gasteiger partial charge in [0.2, 0.25) is 0 Å². The molecule has 7 heteroatoms. The van der Waals surface area contributed by atoms with Gasteiger partial charge in [-0.2, -0.15) is 0 Å². The van der Waals surface area contributed by atoms with Gasteiger partial charge in [0, 0.05) is 12.6 Å². The van der Waals surface area contributed by atoms with Crippen molar-refractivity contribution < 1.29 is 24.6 Å². The van der Waals surface area contributed by atoms with E-state index in [0.717, 1.165) is 4.90 Å². The van der Waals surface area contributed by atoms with Crippen LogP contribution in [0.1, 0.15) is 13.8 Å². The van der Waals surface area contributed by atoms with Crippen LogP contribution in [-0.2, 0) is 9.59 Å². The molecule has 2 amide bonds. The van der Waals surface area contributed by atoms with Crippen LogP contribution >= 0.6 is 0 Å². The van der Waals surface area contributed by atoms with Crippen molar-refractivity contribution in [1.82, 2.24) is 9.80 Å². The van der Waals surface area contributed by atoms with Crippen molar-refractivity contribution in [1.29, 1.82) is 0 Å². The van der Waals surface area contributed by atoms with Crippen molar-refractivity contribution in [2.75, 3.05) is 19.6 Å². The van der Waals surface area contributed by atoms with Crippen LogP contribution in [0, 0.1) is 0 Å². The van der Waals surface area contributed by atoms with Crippen LogP contribution in [0.5, 0.6) is 0 Å². The maximum atomic E-state index is 12.0. The van der Waals surface area contributed by atoms with Crippen molar-refractivity contribution in [3.63, 3.8) is 0 Å². The maximum Gasteiger partial charge on any atom is 0.323 e. The first-order valence-electron chi connectivity index (χ1n) is 5.39. The van der Waals surface area contributed by atoms with E-state index < -0.39 is 31.1 Å². The molecule has 0 rings (SSSR count). The molecule has 0 aromatic heterocycles. The molecule has 0 heterocycles. The van der Waals surface area contributed by atoms with E-state index in [1.54, 1.807) is 13.8 Å². The van der Waals surface area contributed by atoms with Crippen LogP contribution in [0.2, 0.25) is 0 Å². The maximum absolute atomic E-state index is 12.0. The molecule has 0 spiro atoms. The molecule has 0 unspecified atom stereocenters. The predicted octanol–water partition coefficient (Wildman–Crippen LogP) is 0.474. The Morgan fingerprint density at radius 2 is 1.61 bits per heavy atom. The zero-order valence-electron chi connectivity index (χ0n) is 10.5. The molecule has 0 atom stereocenters. The number of carbonyl (C=O) groups excluding carboxylic acids is 1. The average molecular weight is 258 g/mol. The lowest BCUT2D eigenvalue weighted by Crippen LogP contribution is -2.49. The quantitative estimate of drug-likeness (QED) is 0.647. The van der Waals surface area contributed by atoms with Crippen molar-refractivity contribution in [2.24, 2.45) is 0 Å². The van der Waals surface area contributed by atoms with Gasteiger partial charge < -0.3 is 20.0 Å². The first kappa shape index (κ1) is 16.0. The normalized spacial score (nSPS) is 9.94. The fourth-order valence-electron chi connectivity index (χ4n) is 1.35. The first-order valence-corrected chi connectivity index (χ1v) is 5.39. The smallest absolute Gasteiger partial charge is 0.323 e. The number of hydrogen-bond acceptors (Lipinski definition) is 3. The molecule has 0 saturated heterocycles. The molecule has 0 fully saturated rings. The monoisotopic (exact) mass is 258 g/mol. The Hall–Kier alpha value is -2.05. The summed E-state index contributed by atoms with van der Waals surface area (Å²) in [5.41, 5.74) is 0. The number of hydrogen-bond donors (Lipinski definition) is 2. The van der Waals surface area contributed by atoms with E-state index in [9.17, 15) is 14.4 Å². The van der Waals surface area contributed by atoms with E-state index in [2.05, 4.69) is 6.58 Å². The van der Waals surface area contributed by atoms with Crippen LogP contribution in [0.3, 0.4) is 0 Å². The van der Waals surface area contributed by atoms with Crippen LogP contribution in [0.4, 0.5) is 4.79 Å². The third kappa shape index (κ3) is 5.33. The number of amides is 2. The standard InChI is InChI=1S/C11H18N2O5/c1-4-5-13(8(2)3)11(18)12(6-9(14)15)7-10(16)17/h4,8H,1,5-7H2,2-3H3,(H,14,15)(H,16,17). The van der Waals surface area contributed by atoms with E-state index in [4.69, 9.17) is 10.2 Å². The summed E-state index contributed by atoms with van der Waals surface area (Å²) < 4.78 is 0. The number of carboxylic acid groups (broad SMARTS) is 2. The second-order valence-electron chi connectivity index (χ2n) is 3.96. The van der Waals surface area contributed by atoms with E-state index in [1.807, 2.05) is 0 Å². The summed E-state index contributed by atoms with van der Waals surface area (Å²) in [5, 5.41) is 17.3. The second-order valence-corrected chi connectivity index (χ2v) is 3.96. The van der Waals surface area contributed by atoms with E-state index in [1.165, 1.54) is 11.0 Å². The molecule has 0 radical (unpaired) electrons. The number of rotatable bonds is 7. The van der Waals surface area contributed by atoms with Gasteiger partial charge in [0.15, 0.2) is 0 Å². The first-order chi connectivity index (χ1) is 8.29. The molecular formula is C11H18N2O5. The zero-order chi connectivity index (χ0) is 14.3. The average Bonchev–Trinajstić information content (AvgIpc) is 2.22. The second kappa shape index (κ2) is 7.31. The lowest BCUT2D eigenvalue weighted by atomic mass is 10.3. The third-order valence-electron chi connectivity index (χ3n) is 2.12. The highest BCUT2D eigenvalue weighted by Crippen LogP contribution is 2.05. The third-order valence-corrected chi connectivity index (χ3v) is 2.12. The van der Waals surface area contributed by atoms with Gasteiger partial charge in [-0.15, -0.1) is 6.58 Å². The summed E-state index contributed by atoms with van der Waals surface area (Å²) >= 11 is 0. The summed E-state index contributed by atoms with van der Waals surface area (Å²) in [7, 11) is 0. The topological polar surface area (TPSA) is 98.2 Å². The summed E-state index contributed by atoms with van der Waals surface area (Å²) in [6.45, 7) is 5.94. The Morgan fingerprint density at radius 1 is 1.17 bits per heavy atom. The molecule has 102 valence electrons. The Morgan fingerprint density at radius 3 is 1.89 bits per heavy atom. The minimum atomic E-state index is -1.26. The molecule has 7 nitrogen and oxygen atoms in total. The van der Waals surface area contributed by atoms with Gasteiger partial charge in [0.25, 0.3) is 0 Å². The van der Waals surface area contributed by atoms with Crippen molar-refractivity contribution >= 4 is 18.0 Å². The fraction of sp³-hybridized carbons (Fsp3) is 0.545. The molecular weight excluding hydrogens is 240 g/mol. The van der Waals surface area contributed by atoms with E-state index >= 15 is 0 Å². The summed E-state index contributed by atoms with van der Waals surface area (Å²) in [5.74, 6) is -2.51. The lowest BCUT2D eigenvalue weighted by Gasteiger charge is -2.30. The van der Waals surface area contributed by atoms with Gasteiger partial charge >= 0.3 is 18.0 Å². The number of carbonyl (C=O) groups is 3. The van der Waals surface area contributed by atoms with Gasteiger partial charge in [0.05, 0.1) is 0 Å². The summed E-state index contributed by atoms with van der Waals surface area (Å²) in [6.07, 6.45) is 1.50. The van der Waals surface area contributed by atoms with Crippen LogP contribution in [0.15, 0.2) is 12.7 Å². The molecule has 2 N–H and O–H groups in total. The predicted molar refractivity (Wildman–Crippen MR) is 64.3 cm³/mol. The largest absolute Gasteiger partial charge is 0.480 e. The molecule has 0 aromatic carbocycles. The van der Waals surface area contributed by atoms with Crippen LogP contribution in [-0.4, -0.2) is 63.7 Å². The molecule has 0 aliphatic rings. The van der Waals surface area contributed by atoms with Crippen molar-refractivity contribution in [2.45, 2.75) is 19.9 Å². The highest BCUT2D eigenvalue weighted by Gasteiger charge is 2.25. The number of urea groups is 1. The molecule has 0 aliphatic heterocycles. The van der Waals surface area contributed by atoms with Gasteiger partial charge in [-0.3, -0.25) is 9.59 Å². The minimum Gasteiger partial charge on any atom is -0.480 e. The number of nitrogens with zero attached hydrogens (tertiary/aromatic N) is 2. The lowest BCUT2D eigenvalue weighted by molar-refractivity contribution is -0.140. The summed E-state index contributed by atoms with van der Waals surface area (Å²) in [6, 6.07) is -0.810. The minimum absolute atomic E-state index is 0.180. The molecule has 0 aromatic rings. The number of aliphatic carboxylic acids is 2. The van der Waals surface area contributed by atoms with Gasteiger partial charge in [-0.25, -0.2) is 4.79 Å². The Bertz CT molecular complexity index is 324. The van der Waals surface area contributed by atoms with Gasteiger partial charge in [-0.05, 0) is 13.8 Å². The molecule has 18 heavy (non-hydrogen) atoms. The van der Waals surface area contributed by atoms with Crippen LogP contribution in [0.25, 0.3) is 0 Å². The molecule has 0 saturated carbocycles. The summed E-state index contributed by atoms with van der Waals surface area (Å²) in [4.78, 5) is 35.4. The van der Waals surface area contributed by atoms with Crippen molar-refractivity contribution in [3.05, 3.63) is 12.7 Å². The highest BCUT2D eigenvalue weighted by molar-refractivity contribution is 5.84.